The highest BCUT2D eigenvalue weighted by molar-refractivity contribution is 6.29. The molecule has 0 saturated carbocycles. The van der Waals surface area contributed by atoms with Crippen LogP contribution in [0.2, 0.25) is 0 Å². The summed E-state index contributed by atoms with van der Waals surface area (Å²) in [5.74, 6) is -0.542. The highest BCUT2D eigenvalue weighted by atomic mass is 35.5. The Morgan fingerprint density at radius 3 is 2.57 bits per heavy atom. The van der Waals surface area contributed by atoms with Crippen LogP contribution in [-0.4, -0.2) is 11.8 Å². The molecule has 0 aliphatic carbocycles. The van der Waals surface area contributed by atoms with Crippen molar-refractivity contribution in [3.05, 3.63) is 64.7 Å². The number of amides is 1. The van der Waals surface area contributed by atoms with Crippen LogP contribution in [0.3, 0.4) is 0 Å². The number of carbonyl (C=O) groups is 1. The Kier molecular flexibility index (Phi) is 5.31. The van der Waals surface area contributed by atoms with E-state index in [0.717, 1.165) is 23.3 Å². The van der Waals surface area contributed by atoms with Crippen molar-refractivity contribution in [2.75, 3.05) is 11.2 Å². The van der Waals surface area contributed by atoms with Crippen LogP contribution in [0.5, 0.6) is 0 Å². The van der Waals surface area contributed by atoms with Gasteiger partial charge in [0.1, 0.15) is 5.88 Å². The monoisotopic (exact) mass is 341 g/mol. The molecule has 1 N–H and O–H groups in total. The third kappa shape index (κ3) is 4.73. The molecule has 0 unspecified atom stereocenters. The second-order valence-corrected chi connectivity index (χ2v) is 5.48. The number of nitrogens with one attached hydrogen (secondary N) is 1. The fourth-order valence-corrected chi connectivity index (χ4v) is 2.29. The van der Waals surface area contributed by atoms with Gasteiger partial charge in [-0.3, -0.25) is 4.79 Å². The van der Waals surface area contributed by atoms with E-state index < -0.39 is 11.7 Å². The topological polar surface area (TPSA) is 29.1 Å². The van der Waals surface area contributed by atoms with E-state index in [-0.39, 0.29) is 18.2 Å². The molecule has 2 aromatic rings. The van der Waals surface area contributed by atoms with E-state index in [1.54, 1.807) is 18.2 Å². The molecule has 1 amide bonds. The largest absolute Gasteiger partial charge is 0.416 e. The van der Waals surface area contributed by atoms with E-state index >= 15 is 0 Å². The summed E-state index contributed by atoms with van der Waals surface area (Å²) in [4.78, 5) is 11.5. The van der Waals surface area contributed by atoms with Crippen LogP contribution in [0.4, 0.5) is 18.9 Å². The summed E-state index contributed by atoms with van der Waals surface area (Å²) in [6.45, 7) is 1.87. The molecule has 0 fully saturated rings. The molecule has 0 radical (unpaired) electrons. The van der Waals surface area contributed by atoms with Gasteiger partial charge in [-0.05, 0) is 42.2 Å². The summed E-state index contributed by atoms with van der Waals surface area (Å²) in [7, 11) is 0. The lowest BCUT2D eigenvalue weighted by Gasteiger charge is -2.13. The maximum atomic E-state index is 12.8. The number of aryl methyl sites for hydroxylation is 1. The van der Waals surface area contributed by atoms with Gasteiger partial charge in [0.05, 0.1) is 5.56 Å². The molecule has 2 nitrogen and oxygen atoms in total. The predicted molar refractivity (Wildman–Crippen MR) is 84.8 cm³/mol. The van der Waals surface area contributed by atoms with E-state index in [9.17, 15) is 18.0 Å². The molecular weight excluding hydrogens is 327 g/mol. The second kappa shape index (κ2) is 7.04. The smallest absolute Gasteiger partial charge is 0.325 e. The molecule has 0 atom stereocenters. The van der Waals surface area contributed by atoms with Crippen molar-refractivity contribution < 1.29 is 18.0 Å². The maximum absolute atomic E-state index is 12.8. The Balaban J connectivity index is 2.31. The van der Waals surface area contributed by atoms with Crippen LogP contribution < -0.4 is 5.32 Å². The van der Waals surface area contributed by atoms with E-state index in [2.05, 4.69) is 5.32 Å². The molecule has 0 spiro atoms. The van der Waals surface area contributed by atoms with Gasteiger partial charge in [-0.25, -0.2) is 0 Å². The lowest BCUT2D eigenvalue weighted by Crippen LogP contribution is -2.14. The van der Waals surface area contributed by atoms with Gasteiger partial charge in [-0.2, -0.15) is 13.2 Å². The van der Waals surface area contributed by atoms with Crippen LogP contribution in [0.15, 0.2) is 42.5 Å². The molecule has 0 aliphatic rings. The van der Waals surface area contributed by atoms with Gasteiger partial charge in [0.25, 0.3) is 0 Å². The zero-order valence-corrected chi connectivity index (χ0v) is 13.1. The molecule has 0 heterocycles. The minimum absolute atomic E-state index is 0.184. The Bertz CT molecular complexity index is 713. The molecule has 0 saturated heterocycles. The van der Waals surface area contributed by atoms with Gasteiger partial charge in [-0.15, -0.1) is 11.6 Å². The fraction of sp³-hybridized carbons (Fsp3) is 0.235. The van der Waals surface area contributed by atoms with Gasteiger partial charge in [0.15, 0.2) is 0 Å². The predicted octanol–water partition coefficient (Wildman–Crippen LogP) is 4.78. The van der Waals surface area contributed by atoms with Gasteiger partial charge in [-0.1, -0.05) is 30.3 Å². The second-order valence-electron chi connectivity index (χ2n) is 5.22. The first kappa shape index (κ1) is 17.3. The van der Waals surface area contributed by atoms with Crippen molar-refractivity contribution in [2.24, 2.45) is 0 Å². The van der Waals surface area contributed by atoms with E-state index in [1.165, 1.54) is 6.07 Å². The van der Waals surface area contributed by atoms with Crippen molar-refractivity contribution >= 4 is 23.2 Å². The van der Waals surface area contributed by atoms with E-state index in [0.29, 0.717) is 11.3 Å². The highest BCUT2D eigenvalue weighted by Crippen LogP contribution is 2.30. The number of hydrogen-bond donors (Lipinski definition) is 1. The van der Waals surface area contributed by atoms with Crippen molar-refractivity contribution in [2.45, 2.75) is 19.5 Å². The van der Waals surface area contributed by atoms with E-state index in [1.807, 2.05) is 13.0 Å². The fourth-order valence-electron chi connectivity index (χ4n) is 2.22. The highest BCUT2D eigenvalue weighted by Gasteiger charge is 2.30. The van der Waals surface area contributed by atoms with Crippen molar-refractivity contribution in [1.82, 2.24) is 0 Å². The molecule has 23 heavy (non-hydrogen) atoms. The summed E-state index contributed by atoms with van der Waals surface area (Å²) in [6.07, 6.45) is -4.10. The van der Waals surface area contributed by atoms with Crippen LogP contribution in [0.1, 0.15) is 22.3 Å². The average Bonchev–Trinajstić information content (AvgIpc) is 2.49. The number of halogens is 4. The summed E-state index contributed by atoms with van der Waals surface area (Å²) < 4.78 is 38.4. The average molecular weight is 342 g/mol. The Labute approximate surface area is 137 Å². The molecule has 2 rings (SSSR count). The minimum atomic E-state index is -4.38. The minimum Gasteiger partial charge on any atom is -0.325 e. The number of alkyl halides is 4. The van der Waals surface area contributed by atoms with Crippen molar-refractivity contribution in [3.63, 3.8) is 0 Å². The van der Waals surface area contributed by atoms with Crippen LogP contribution in [-0.2, 0) is 17.4 Å². The molecule has 0 aromatic heterocycles. The van der Waals surface area contributed by atoms with Gasteiger partial charge in [0, 0.05) is 5.69 Å². The molecule has 0 aliphatic heterocycles. The molecule has 6 heteroatoms. The number of rotatable bonds is 4. The normalized spacial score (nSPS) is 11.3. The lowest BCUT2D eigenvalue weighted by atomic mass is 10.00. The number of hydrogen-bond acceptors (Lipinski definition) is 1. The Morgan fingerprint density at radius 1 is 1.17 bits per heavy atom. The summed E-state index contributed by atoms with van der Waals surface area (Å²) in [6, 6.07) is 10.6. The van der Waals surface area contributed by atoms with Gasteiger partial charge < -0.3 is 5.32 Å². The quantitative estimate of drug-likeness (QED) is 0.796. The van der Waals surface area contributed by atoms with Crippen molar-refractivity contribution in [1.29, 1.82) is 0 Å². The third-order valence-electron chi connectivity index (χ3n) is 3.31. The SMILES string of the molecule is Cc1ccc(Cc2cccc(C(F)(F)F)c2)c(NC(=O)CCl)c1. The summed E-state index contributed by atoms with van der Waals surface area (Å²) in [5.41, 5.74) is 2.06. The summed E-state index contributed by atoms with van der Waals surface area (Å²) >= 11 is 5.49. The maximum Gasteiger partial charge on any atom is 0.416 e. The standard InChI is InChI=1S/C17H15ClF3NO/c1-11-5-6-13(15(7-11)22-16(23)10-18)8-12-3-2-4-14(9-12)17(19,20)21/h2-7,9H,8,10H2,1H3,(H,22,23). The number of benzene rings is 2. The zero-order valence-electron chi connectivity index (χ0n) is 12.4. The first-order valence-electron chi connectivity index (χ1n) is 6.91. The summed E-state index contributed by atoms with van der Waals surface area (Å²) in [5, 5.41) is 2.67. The zero-order chi connectivity index (χ0) is 17.0. The van der Waals surface area contributed by atoms with Crippen LogP contribution in [0.25, 0.3) is 0 Å². The number of carbonyl (C=O) groups excluding carboxylic acids is 1. The lowest BCUT2D eigenvalue weighted by molar-refractivity contribution is -0.137. The third-order valence-corrected chi connectivity index (χ3v) is 3.55. The Hall–Kier alpha value is -2.01. The number of anilines is 1. The first-order chi connectivity index (χ1) is 10.8. The first-order valence-corrected chi connectivity index (χ1v) is 7.44. The molecule has 2 aromatic carbocycles. The Morgan fingerprint density at radius 2 is 1.91 bits per heavy atom. The van der Waals surface area contributed by atoms with Gasteiger partial charge >= 0.3 is 6.18 Å². The molecule has 122 valence electrons. The molecule has 0 bridgehead atoms. The molecular formula is C17H15ClF3NO. The van der Waals surface area contributed by atoms with Crippen LogP contribution in [0, 0.1) is 6.92 Å². The van der Waals surface area contributed by atoms with Crippen molar-refractivity contribution in [3.8, 4) is 0 Å². The van der Waals surface area contributed by atoms with Crippen LogP contribution >= 0.6 is 11.6 Å². The van der Waals surface area contributed by atoms with E-state index in [4.69, 9.17) is 11.6 Å². The van der Waals surface area contributed by atoms with Gasteiger partial charge in [0.2, 0.25) is 5.91 Å².